The Morgan fingerprint density at radius 2 is 2.15 bits per heavy atom. The molecule has 13 heavy (non-hydrogen) atoms. The van der Waals surface area contributed by atoms with E-state index in [-0.39, 0.29) is 6.04 Å². The molecular formula is C8H18F2N2O. The highest BCUT2D eigenvalue weighted by Gasteiger charge is 2.01. The quantitative estimate of drug-likeness (QED) is 0.559. The maximum atomic E-state index is 11.6. The zero-order valence-electron chi connectivity index (χ0n) is 7.93. The molecule has 80 valence electrons. The third-order valence-electron chi connectivity index (χ3n) is 1.56. The summed E-state index contributed by atoms with van der Waals surface area (Å²) < 4.78 is 27.8. The largest absolute Gasteiger partial charge is 0.375 e. The van der Waals surface area contributed by atoms with E-state index >= 15 is 0 Å². The van der Waals surface area contributed by atoms with Gasteiger partial charge in [0.1, 0.15) is 6.61 Å². The first-order valence-corrected chi connectivity index (χ1v) is 4.46. The number of rotatable bonds is 8. The van der Waals surface area contributed by atoms with Gasteiger partial charge in [-0.3, -0.25) is 0 Å². The first-order valence-electron chi connectivity index (χ1n) is 4.46. The van der Waals surface area contributed by atoms with Crippen LogP contribution >= 0.6 is 0 Å². The van der Waals surface area contributed by atoms with Gasteiger partial charge in [0.05, 0.1) is 0 Å². The third-order valence-corrected chi connectivity index (χ3v) is 1.56. The fraction of sp³-hybridized carbons (Fsp3) is 1.00. The van der Waals surface area contributed by atoms with Crippen LogP contribution in [0.2, 0.25) is 0 Å². The number of nitrogens with two attached hydrogens (primary N) is 1. The average Bonchev–Trinajstić information content (AvgIpc) is 2.10. The molecule has 0 aromatic carbocycles. The first kappa shape index (κ1) is 12.7. The van der Waals surface area contributed by atoms with Gasteiger partial charge in [-0.25, -0.2) is 8.78 Å². The van der Waals surface area contributed by atoms with Gasteiger partial charge in [0.25, 0.3) is 6.43 Å². The van der Waals surface area contributed by atoms with Crippen LogP contribution in [0, 0.1) is 0 Å². The van der Waals surface area contributed by atoms with Crippen molar-refractivity contribution in [1.29, 1.82) is 0 Å². The normalized spacial score (nSPS) is 13.6. The van der Waals surface area contributed by atoms with E-state index in [1.165, 1.54) is 0 Å². The Kier molecular flexibility index (Phi) is 8.18. The Labute approximate surface area is 77.6 Å². The zero-order valence-corrected chi connectivity index (χ0v) is 7.93. The topological polar surface area (TPSA) is 47.3 Å². The third kappa shape index (κ3) is 9.66. The highest BCUT2D eigenvalue weighted by molar-refractivity contribution is 4.59. The fourth-order valence-corrected chi connectivity index (χ4v) is 0.778. The van der Waals surface area contributed by atoms with Crippen molar-refractivity contribution in [3.63, 3.8) is 0 Å². The predicted octanol–water partition coefficient (Wildman–Crippen LogP) is 0.595. The van der Waals surface area contributed by atoms with Gasteiger partial charge in [-0.2, -0.15) is 0 Å². The number of halogens is 2. The van der Waals surface area contributed by atoms with E-state index in [1.807, 2.05) is 6.92 Å². The number of hydrogen-bond acceptors (Lipinski definition) is 3. The Morgan fingerprint density at radius 1 is 1.46 bits per heavy atom. The molecule has 0 heterocycles. The molecule has 0 aliphatic heterocycles. The van der Waals surface area contributed by atoms with Crippen molar-refractivity contribution in [1.82, 2.24) is 5.32 Å². The molecule has 0 aliphatic carbocycles. The Hall–Kier alpha value is -0.260. The molecule has 3 nitrogen and oxygen atoms in total. The summed E-state index contributed by atoms with van der Waals surface area (Å²) in [5, 5.41) is 3.13. The monoisotopic (exact) mass is 196 g/mol. The second-order valence-electron chi connectivity index (χ2n) is 2.91. The van der Waals surface area contributed by atoms with Crippen molar-refractivity contribution >= 4 is 0 Å². The molecule has 0 fully saturated rings. The predicted molar refractivity (Wildman–Crippen MR) is 48.0 cm³/mol. The summed E-state index contributed by atoms with van der Waals surface area (Å²) >= 11 is 0. The minimum atomic E-state index is -2.36. The summed E-state index contributed by atoms with van der Waals surface area (Å²) in [6.07, 6.45) is -1.63. The summed E-state index contributed by atoms with van der Waals surface area (Å²) in [6, 6.07) is 0.273. The van der Waals surface area contributed by atoms with Crippen LogP contribution in [0.5, 0.6) is 0 Å². The van der Waals surface area contributed by atoms with Gasteiger partial charge in [-0.15, -0.1) is 0 Å². The molecule has 3 N–H and O–H groups in total. The van der Waals surface area contributed by atoms with E-state index in [1.54, 1.807) is 0 Å². The van der Waals surface area contributed by atoms with Gasteiger partial charge in [-0.05, 0) is 19.9 Å². The van der Waals surface area contributed by atoms with Crippen molar-refractivity contribution < 1.29 is 13.5 Å². The Bertz CT molecular complexity index is 114. The van der Waals surface area contributed by atoms with Crippen molar-refractivity contribution in [3.05, 3.63) is 0 Å². The highest BCUT2D eigenvalue weighted by atomic mass is 19.3. The maximum Gasteiger partial charge on any atom is 0.261 e. The van der Waals surface area contributed by atoms with E-state index in [0.717, 1.165) is 13.0 Å². The molecule has 0 spiro atoms. The van der Waals surface area contributed by atoms with Gasteiger partial charge in [0.15, 0.2) is 0 Å². The number of nitrogens with one attached hydrogen (secondary N) is 1. The number of alkyl halides is 2. The van der Waals surface area contributed by atoms with Crippen molar-refractivity contribution in [2.24, 2.45) is 5.73 Å². The van der Waals surface area contributed by atoms with Crippen LogP contribution in [0.4, 0.5) is 8.78 Å². The maximum absolute atomic E-state index is 11.6. The Balaban J connectivity index is 2.99. The molecule has 0 aromatic heterocycles. The van der Waals surface area contributed by atoms with Crippen molar-refractivity contribution in [2.75, 3.05) is 26.3 Å². The van der Waals surface area contributed by atoms with Crippen LogP contribution in [0.15, 0.2) is 0 Å². The fourth-order valence-electron chi connectivity index (χ4n) is 0.778. The van der Waals surface area contributed by atoms with Crippen LogP contribution in [0.3, 0.4) is 0 Å². The summed E-state index contributed by atoms with van der Waals surface area (Å²) in [6.45, 7) is 3.21. The van der Waals surface area contributed by atoms with Crippen molar-refractivity contribution in [3.8, 4) is 0 Å². The molecule has 0 bridgehead atoms. The van der Waals surface area contributed by atoms with Crippen LogP contribution in [-0.2, 0) is 4.74 Å². The molecule has 0 unspecified atom stereocenters. The van der Waals surface area contributed by atoms with Gasteiger partial charge in [0.2, 0.25) is 0 Å². The number of ether oxygens (including phenoxy) is 1. The van der Waals surface area contributed by atoms with Gasteiger partial charge in [-0.1, -0.05) is 0 Å². The summed E-state index contributed by atoms with van der Waals surface area (Å²) in [5.41, 5.74) is 5.36. The second-order valence-corrected chi connectivity index (χ2v) is 2.91. The molecular weight excluding hydrogens is 178 g/mol. The second kappa shape index (κ2) is 8.34. The van der Waals surface area contributed by atoms with Gasteiger partial charge < -0.3 is 15.8 Å². The lowest BCUT2D eigenvalue weighted by molar-refractivity contribution is 0.0167. The molecule has 0 aliphatic rings. The van der Waals surface area contributed by atoms with E-state index in [2.05, 4.69) is 10.1 Å². The Morgan fingerprint density at radius 3 is 2.69 bits per heavy atom. The van der Waals surface area contributed by atoms with Gasteiger partial charge in [0, 0.05) is 19.2 Å². The summed E-state index contributed by atoms with van der Waals surface area (Å²) in [7, 11) is 0. The summed E-state index contributed by atoms with van der Waals surface area (Å²) in [5.74, 6) is 0. The zero-order chi connectivity index (χ0) is 10.1. The van der Waals surface area contributed by atoms with Crippen LogP contribution in [0.1, 0.15) is 13.3 Å². The lowest BCUT2D eigenvalue weighted by atomic mass is 10.3. The molecule has 0 saturated carbocycles. The van der Waals surface area contributed by atoms with E-state index < -0.39 is 13.0 Å². The van der Waals surface area contributed by atoms with E-state index in [0.29, 0.717) is 13.2 Å². The van der Waals surface area contributed by atoms with Crippen molar-refractivity contribution in [2.45, 2.75) is 25.8 Å². The SMILES string of the molecule is C[C@@H](CN)NCCCOCC(F)F. The molecule has 0 saturated heterocycles. The average molecular weight is 196 g/mol. The summed E-state index contributed by atoms with van der Waals surface area (Å²) in [4.78, 5) is 0. The number of hydrogen-bond donors (Lipinski definition) is 2. The molecule has 1 atom stereocenters. The van der Waals surface area contributed by atoms with E-state index in [4.69, 9.17) is 5.73 Å². The highest BCUT2D eigenvalue weighted by Crippen LogP contribution is 1.93. The first-order chi connectivity index (χ1) is 6.16. The molecule has 0 amide bonds. The standard InChI is InChI=1S/C8H18F2N2O/c1-7(5-11)12-3-2-4-13-6-8(9)10/h7-8,12H,2-6,11H2,1H3/t7-/m0/s1. The molecule has 0 aromatic rings. The van der Waals surface area contributed by atoms with Crippen LogP contribution in [0.25, 0.3) is 0 Å². The van der Waals surface area contributed by atoms with Gasteiger partial charge >= 0.3 is 0 Å². The minimum Gasteiger partial charge on any atom is -0.375 e. The lowest BCUT2D eigenvalue weighted by Crippen LogP contribution is -2.34. The molecule has 0 rings (SSSR count). The van der Waals surface area contributed by atoms with Crippen LogP contribution < -0.4 is 11.1 Å². The van der Waals surface area contributed by atoms with Crippen LogP contribution in [-0.4, -0.2) is 38.8 Å². The minimum absolute atomic E-state index is 0.273. The smallest absolute Gasteiger partial charge is 0.261 e. The molecule has 5 heteroatoms. The molecule has 0 radical (unpaired) electrons. The lowest BCUT2D eigenvalue weighted by Gasteiger charge is -2.10. The van der Waals surface area contributed by atoms with E-state index in [9.17, 15) is 8.78 Å².